The van der Waals surface area contributed by atoms with Crippen LogP contribution in [0.25, 0.3) is 0 Å². The maximum absolute atomic E-state index is 12.4. The second-order valence-corrected chi connectivity index (χ2v) is 7.76. The summed E-state index contributed by atoms with van der Waals surface area (Å²) in [7, 11) is 0. The van der Waals surface area contributed by atoms with Crippen LogP contribution in [-0.4, -0.2) is 51.0 Å². The number of carbonyl (C=O) groups is 3. The number of halogens is 1. The summed E-state index contributed by atoms with van der Waals surface area (Å²) in [6, 6.07) is 5.36. The fourth-order valence-electron chi connectivity index (χ4n) is 3.03. The highest BCUT2D eigenvalue weighted by Crippen LogP contribution is 2.40. The van der Waals surface area contributed by atoms with E-state index < -0.39 is 35.2 Å². The number of aliphatic carboxylic acids is 1. The number of allylic oxidation sites excluding steroid dienone is 1. The molecule has 0 saturated carbocycles. The predicted octanol–water partition coefficient (Wildman–Crippen LogP) is 1.13. The van der Waals surface area contributed by atoms with Crippen LogP contribution in [0.3, 0.4) is 0 Å². The Kier molecular flexibility index (Phi) is 5.59. The third kappa shape index (κ3) is 3.73. The van der Waals surface area contributed by atoms with Crippen LogP contribution in [0.1, 0.15) is 5.56 Å². The van der Waals surface area contributed by atoms with Gasteiger partial charge in [-0.05, 0) is 29.7 Å². The lowest BCUT2D eigenvalue weighted by Crippen LogP contribution is -2.71. The van der Waals surface area contributed by atoms with Gasteiger partial charge in [-0.15, -0.1) is 11.8 Å². The lowest BCUT2D eigenvalue weighted by atomic mass is 10.0. The summed E-state index contributed by atoms with van der Waals surface area (Å²) >= 11 is 7.22. The van der Waals surface area contributed by atoms with Crippen LogP contribution in [0.2, 0.25) is 5.02 Å². The normalized spacial score (nSPS) is 22.6. The number of hydrogen-bond donors (Lipinski definition) is 3. The molecule has 9 heteroatoms. The van der Waals surface area contributed by atoms with Gasteiger partial charge in [0.15, 0.2) is 0 Å². The van der Waals surface area contributed by atoms with Crippen molar-refractivity contribution < 1.29 is 19.5 Å². The third-order valence-electron chi connectivity index (χ3n) is 4.45. The number of carbonyl (C=O) groups excluding carboxylic acids is 2. The van der Waals surface area contributed by atoms with E-state index in [4.69, 9.17) is 17.3 Å². The van der Waals surface area contributed by atoms with Crippen LogP contribution < -0.4 is 11.1 Å². The first kappa shape index (κ1) is 19.5. The van der Waals surface area contributed by atoms with Gasteiger partial charge in [-0.3, -0.25) is 14.5 Å². The number of nitrogens with zero attached hydrogens (tertiary/aromatic N) is 1. The van der Waals surface area contributed by atoms with E-state index in [0.717, 1.165) is 5.56 Å². The number of nitrogens with two attached hydrogens (primary N) is 1. The number of benzene rings is 1. The van der Waals surface area contributed by atoms with Crippen LogP contribution in [0.15, 0.2) is 48.2 Å². The van der Waals surface area contributed by atoms with Crippen molar-refractivity contribution in [2.45, 2.75) is 23.9 Å². The predicted molar refractivity (Wildman–Crippen MR) is 103 cm³/mol. The molecular formula is C18H18ClN3O4S. The highest BCUT2D eigenvalue weighted by atomic mass is 35.5. The van der Waals surface area contributed by atoms with Gasteiger partial charge < -0.3 is 16.2 Å². The molecule has 1 aromatic carbocycles. The molecule has 27 heavy (non-hydrogen) atoms. The Morgan fingerprint density at radius 3 is 2.70 bits per heavy atom. The second-order valence-electron chi connectivity index (χ2n) is 6.22. The zero-order valence-electron chi connectivity index (χ0n) is 14.2. The molecule has 2 aliphatic rings. The summed E-state index contributed by atoms with van der Waals surface area (Å²) in [4.78, 5) is 37.5. The van der Waals surface area contributed by atoms with Gasteiger partial charge in [0, 0.05) is 10.8 Å². The number of carboxylic acids is 1. The first-order chi connectivity index (χ1) is 12.8. The Bertz CT molecular complexity index is 840. The lowest BCUT2D eigenvalue weighted by Gasteiger charge is -2.49. The molecule has 2 aliphatic heterocycles. The number of thioether (sulfide) groups is 1. The van der Waals surface area contributed by atoms with E-state index in [1.165, 1.54) is 22.7 Å². The maximum Gasteiger partial charge on any atom is 0.352 e. The largest absolute Gasteiger partial charge is 0.477 e. The maximum atomic E-state index is 12.4. The molecule has 3 rings (SSSR count). The first-order valence-corrected chi connectivity index (χ1v) is 9.60. The van der Waals surface area contributed by atoms with Crippen LogP contribution in [0, 0.1) is 0 Å². The monoisotopic (exact) mass is 407 g/mol. The minimum Gasteiger partial charge on any atom is -0.477 e. The van der Waals surface area contributed by atoms with Gasteiger partial charge in [-0.2, -0.15) is 0 Å². The van der Waals surface area contributed by atoms with Crippen LogP contribution in [-0.2, 0) is 20.8 Å². The first-order valence-electron chi connectivity index (χ1n) is 8.17. The van der Waals surface area contributed by atoms with E-state index in [1.807, 2.05) is 0 Å². The van der Waals surface area contributed by atoms with Gasteiger partial charge in [0.1, 0.15) is 17.1 Å². The molecule has 1 saturated heterocycles. The fourth-order valence-corrected chi connectivity index (χ4v) is 4.49. The molecule has 0 spiro atoms. The van der Waals surface area contributed by atoms with Crippen molar-refractivity contribution in [3.63, 3.8) is 0 Å². The highest BCUT2D eigenvalue weighted by molar-refractivity contribution is 8.00. The van der Waals surface area contributed by atoms with Gasteiger partial charge in [0.05, 0.1) is 6.04 Å². The number of β-lactam (4-membered cyclic amide) rings is 1. The molecule has 2 heterocycles. The number of nitrogens with one attached hydrogen (secondary N) is 1. The SMILES string of the molecule is C=CC1=C(C(=O)O)N2C(=O)[C@@H](NC(=O)[C@@H](N)Cc3ccc(Cl)cc3)[C@H]2SC1. The van der Waals surface area contributed by atoms with Gasteiger partial charge in [-0.1, -0.05) is 36.4 Å². The zero-order valence-corrected chi connectivity index (χ0v) is 15.8. The van der Waals surface area contributed by atoms with Crippen molar-refractivity contribution in [2.24, 2.45) is 5.73 Å². The number of fused-ring (bicyclic) bond motifs is 1. The average molecular weight is 408 g/mol. The molecule has 3 atom stereocenters. The standard InChI is InChI=1S/C18H18ClN3O4S/c1-2-10-8-27-17-13(16(24)22(17)14(10)18(25)26)21-15(23)12(20)7-9-3-5-11(19)6-4-9/h2-6,12-13,17H,1,7-8,20H2,(H,21,23)(H,25,26)/t12-,13+,17+/m0/s1. The minimum absolute atomic E-state index is 0.0743. The number of hydrogen-bond acceptors (Lipinski definition) is 5. The fraction of sp³-hybridized carbons (Fsp3) is 0.278. The Labute approximate surface area is 165 Å². The smallest absolute Gasteiger partial charge is 0.352 e. The van der Waals surface area contributed by atoms with Crippen molar-refractivity contribution in [2.75, 3.05) is 5.75 Å². The van der Waals surface area contributed by atoms with E-state index in [-0.39, 0.29) is 5.70 Å². The quantitative estimate of drug-likeness (QED) is 0.609. The Balaban J connectivity index is 1.65. The Hall–Kier alpha value is -2.29. The minimum atomic E-state index is -1.19. The zero-order chi connectivity index (χ0) is 19.7. The van der Waals surface area contributed by atoms with Crippen molar-refractivity contribution in [3.05, 3.63) is 58.8 Å². The summed E-state index contributed by atoms with van der Waals surface area (Å²) in [5, 5.41) is 12.2. The molecule has 0 radical (unpaired) electrons. The van der Waals surface area contributed by atoms with E-state index >= 15 is 0 Å². The molecule has 1 fully saturated rings. The second kappa shape index (κ2) is 7.75. The summed E-state index contributed by atoms with van der Waals surface area (Å²) in [5.41, 5.74) is 7.22. The van der Waals surface area contributed by atoms with E-state index in [0.29, 0.717) is 22.8 Å². The highest BCUT2D eigenvalue weighted by Gasteiger charge is 2.54. The third-order valence-corrected chi connectivity index (χ3v) is 6.00. The molecule has 1 aromatic rings. The topological polar surface area (TPSA) is 113 Å². The van der Waals surface area contributed by atoms with Gasteiger partial charge in [0.25, 0.3) is 5.91 Å². The molecule has 7 nitrogen and oxygen atoms in total. The number of amides is 2. The lowest BCUT2D eigenvalue weighted by molar-refractivity contribution is -0.150. The van der Waals surface area contributed by atoms with E-state index in [1.54, 1.807) is 24.3 Å². The van der Waals surface area contributed by atoms with Gasteiger partial charge in [0.2, 0.25) is 5.91 Å². The van der Waals surface area contributed by atoms with Crippen molar-refractivity contribution in [3.8, 4) is 0 Å². The van der Waals surface area contributed by atoms with E-state index in [9.17, 15) is 19.5 Å². The molecular weight excluding hydrogens is 390 g/mol. The molecule has 0 aliphatic carbocycles. The molecule has 0 bridgehead atoms. The van der Waals surface area contributed by atoms with Crippen LogP contribution in [0.4, 0.5) is 0 Å². The van der Waals surface area contributed by atoms with Crippen molar-refractivity contribution >= 4 is 41.1 Å². The summed E-state index contributed by atoms with van der Waals surface area (Å²) in [6.45, 7) is 3.59. The molecule has 0 aromatic heterocycles. The summed E-state index contributed by atoms with van der Waals surface area (Å²) < 4.78 is 0. The van der Waals surface area contributed by atoms with Gasteiger partial charge in [-0.25, -0.2) is 4.79 Å². The number of carboxylic acid groups (broad SMARTS) is 1. The molecule has 0 unspecified atom stereocenters. The molecule has 142 valence electrons. The van der Waals surface area contributed by atoms with Crippen molar-refractivity contribution in [1.82, 2.24) is 10.2 Å². The average Bonchev–Trinajstić information content (AvgIpc) is 2.65. The van der Waals surface area contributed by atoms with E-state index in [2.05, 4.69) is 11.9 Å². The Morgan fingerprint density at radius 2 is 2.11 bits per heavy atom. The van der Waals surface area contributed by atoms with Gasteiger partial charge >= 0.3 is 5.97 Å². The number of rotatable bonds is 6. The van der Waals surface area contributed by atoms with Crippen molar-refractivity contribution in [1.29, 1.82) is 0 Å². The van der Waals surface area contributed by atoms with Crippen LogP contribution in [0.5, 0.6) is 0 Å². The summed E-state index contributed by atoms with van der Waals surface area (Å²) in [5.74, 6) is -1.70. The molecule has 4 N–H and O–H groups in total. The van der Waals surface area contributed by atoms with Crippen LogP contribution >= 0.6 is 23.4 Å². The molecule has 2 amide bonds. The summed E-state index contributed by atoms with van der Waals surface area (Å²) in [6.07, 6.45) is 1.74. The Morgan fingerprint density at radius 1 is 1.44 bits per heavy atom.